The van der Waals surface area contributed by atoms with Gasteiger partial charge in [-0.15, -0.1) is 0 Å². The molecule has 1 unspecified atom stereocenters. The number of hydrogen-bond acceptors (Lipinski definition) is 4. The first-order valence-electron chi connectivity index (χ1n) is 6.58. The summed E-state index contributed by atoms with van der Waals surface area (Å²) in [6, 6.07) is 12.3. The number of rotatable bonds is 4. The number of benzene rings is 1. The summed E-state index contributed by atoms with van der Waals surface area (Å²) < 4.78 is 5.34. The van der Waals surface area contributed by atoms with E-state index in [9.17, 15) is 4.79 Å². The molecular weight excluding hydrogens is 268 g/mol. The molecule has 0 aliphatic carbocycles. The van der Waals surface area contributed by atoms with Crippen LogP contribution in [-0.2, 0) is 0 Å². The van der Waals surface area contributed by atoms with Gasteiger partial charge >= 0.3 is 5.97 Å². The molecule has 1 aromatic carbocycles. The van der Waals surface area contributed by atoms with E-state index in [1.807, 2.05) is 19.1 Å². The normalized spacial score (nSPS) is 12.2. The molecule has 2 N–H and O–H groups in total. The van der Waals surface area contributed by atoms with E-state index in [0.717, 1.165) is 5.76 Å². The average Bonchev–Trinajstić information content (AvgIpc) is 3.00. The molecule has 0 fully saturated rings. The number of hydrogen-bond donors (Lipinski definition) is 2. The summed E-state index contributed by atoms with van der Waals surface area (Å²) in [7, 11) is 0. The quantitative estimate of drug-likeness (QED) is 0.763. The number of fused-ring (bicyclic) bond motifs is 1. The molecule has 0 aliphatic rings. The third-order valence-corrected chi connectivity index (χ3v) is 3.30. The lowest BCUT2D eigenvalue weighted by Gasteiger charge is -2.12. The molecule has 21 heavy (non-hydrogen) atoms. The zero-order chi connectivity index (χ0) is 14.8. The van der Waals surface area contributed by atoms with Gasteiger partial charge in [0.25, 0.3) is 0 Å². The van der Waals surface area contributed by atoms with Crippen molar-refractivity contribution in [2.24, 2.45) is 0 Å². The van der Waals surface area contributed by atoms with Gasteiger partial charge in [0.05, 0.1) is 23.4 Å². The zero-order valence-corrected chi connectivity index (χ0v) is 11.4. The number of aromatic carboxylic acids is 1. The number of furan rings is 1. The van der Waals surface area contributed by atoms with Crippen LogP contribution in [0.2, 0.25) is 0 Å². The average molecular weight is 282 g/mol. The molecule has 0 bridgehead atoms. The van der Waals surface area contributed by atoms with Crippen molar-refractivity contribution in [3.8, 4) is 0 Å². The standard InChI is InChI=1S/C16H14N2O3/c1-10(14-6-3-9-21-14)17-15-8-7-11-12(16(19)20)4-2-5-13(11)18-15/h2-10H,1H3,(H,17,18)(H,19,20). The van der Waals surface area contributed by atoms with Crippen LogP contribution in [0.4, 0.5) is 5.82 Å². The van der Waals surface area contributed by atoms with Crippen LogP contribution in [-0.4, -0.2) is 16.1 Å². The van der Waals surface area contributed by atoms with Gasteiger partial charge in [0, 0.05) is 5.39 Å². The molecule has 106 valence electrons. The second-order valence-electron chi connectivity index (χ2n) is 4.76. The van der Waals surface area contributed by atoms with Crippen LogP contribution < -0.4 is 5.32 Å². The lowest BCUT2D eigenvalue weighted by atomic mass is 10.1. The fraction of sp³-hybridized carbons (Fsp3) is 0.125. The Labute approximate surface area is 121 Å². The largest absolute Gasteiger partial charge is 0.478 e. The Kier molecular flexibility index (Phi) is 3.31. The first-order valence-corrected chi connectivity index (χ1v) is 6.58. The Morgan fingerprint density at radius 2 is 2.10 bits per heavy atom. The Hall–Kier alpha value is -2.82. The van der Waals surface area contributed by atoms with Crippen LogP contribution in [0.15, 0.2) is 53.1 Å². The van der Waals surface area contributed by atoms with Crippen LogP contribution in [0, 0.1) is 0 Å². The molecule has 2 aromatic heterocycles. The highest BCUT2D eigenvalue weighted by Crippen LogP contribution is 2.22. The van der Waals surface area contributed by atoms with Crippen molar-refractivity contribution in [2.45, 2.75) is 13.0 Å². The van der Waals surface area contributed by atoms with E-state index >= 15 is 0 Å². The fourth-order valence-corrected chi connectivity index (χ4v) is 2.25. The van der Waals surface area contributed by atoms with Gasteiger partial charge in [-0.05, 0) is 43.3 Å². The molecular formula is C16H14N2O3. The lowest BCUT2D eigenvalue weighted by molar-refractivity contribution is 0.0699. The van der Waals surface area contributed by atoms with Crippen LogP contribution in [0.25, 0.3) is 10.9 Å². The molecule has 0 saturated carbocycles. The third kappa shape index (κ3) is 2.58. The Bertz CT molecular complexity index is 781. The van der Waals surface area contributed by atoms with E-state index in [1.165, 1.54) is 0 Å². The second kappa shape index (κ2) is 5.28. The molecule has 0 saturated heterocycles. The number of nitrogens with zero attached hydrogens (tertiary/aromatic N) is 1. The first-order chi connectivity index (χ1) is 10.1. The summed E-state index contributed by atoms with van der Waals surface area (Å²) in [5.41, 5.74) is 0.900. The number of nitrogens with one attached hydrogen (secondary N) is 1. The van der Waals surface area contributed by atoms with Crippen molar-refractivity contribution in [1.29, 1.82) is 0 Å². The Morgan fingerprint density at radius 1 is 1.24 bits per heavy atom. The van der Waals surface area contributed by atoms with Crippen molar-refractivity contribution in [1.82, 2.24) is 4.98 Å². The van der Waals surface area contributed by atoms with E-state index < -0.39 is 5.97 Å². The zero-order valence-electron chi connectivity index (χ0n) is 11.4. The van der Waals surface area contributed by atoms with Crippen molar-refractivity contribution in [2.75, 3.05) is 5.32 Å². The molecule has 0 radical (unpaired) electrons. The summed E-state index contributed by atoms with van der Waals surface area (Å²) in [4.78, 5) is 15.6. The summed E-state index contributed by atoms with van der Waals surface area (Å²) in [5, 5.41) is 13.0. The van der Waals surface area contributed by atoms with Gasteiger partial charge in [0.2, 0.25) is 0 Å². The van der Waals surface area contributed by atoms with Gasteiger partial charge in [-0.2, -0.15) is 0 Å². The molecule has 5 heteroatoms. The smallest absolute Gasteiger partial charge is 0.336 e. The number of carboxylic acids is 1. The fourth-order valence-electron chi connectivity index (χ4n) is 2.25. The number of carboxylic acid groups (broad SMARTS) is 1. The maximum Gasteiger partial charge on any atom is 0.336 e. The number of anilines is 1. The van der Waals surface area contributed by atoms with Crippen molar-refractivity contribution in [3.63, 3.8) is 0 Å². The van der Waals surface area contributed by atoms with Gasteiger partial charge < -0.3 is 14.8 Å². The van der Waals surface area contributed by atoms with Crippen LogP contribution in [0.1, 0.15) is 29.1 Å². The van der Waals surface area contributed by atoms with Crippen molar-refractivity contribution < 1.29 is 14.3 Å². The van der Waals surface area contributed by atoms with E-state index in [2.05, 4.69) is 10.3 Å². The van der Waals surface area contributed by atoms with Gasteiger partial charge in [-0.3, -0.25) is 0 Å². The van der Waals surface area contributed by atoms with Crippen molar-refractivity contribution in [3.05, 3.63) is 60.1 Å². The maximum atomic E-state index is 11.2. The van der Waals surface area contributed by atoms with Crippen molar-refractivity contribution >= 4 is 22.7 Å². The number of pyridine rings is 1. The number of carbonyl (C=O) groups is 1. The van der Waals surface area contributed by atoms with E-state index in [4.69, 9.17) is 9.52 Å². The molecule has 5 nitrogen and oxygen atoms in total. The predicted octanol–water partition coefficient (Wildman–Crippen LogP) is 3.70. The molecule has 3 aromatic rings. The van der Waals surface area contributed by atoms with E-state index in [1.54, 1.807) is 36.6 Å². The summed E-state index contributed by atoms with van der Waals surface area (Å²) in [6.45, 7) is 1.97. The Morgan fingerprint density at radius 3 is 2.81 bits per heavy atom. The Balaban J connectivity index is 1.93. The minimum Gasteiger partial charge on any atom is -0.478 e. The van der Waals surface area contributed by atoms with Crippen LogP contribution in [0.5, 0.6) is 0 Å². The monoisotopic (exact) mass is 282 g/mol. The summed E-state index contributed by atoms with van der Waals surface area (Å²) >= 11 is 0. The molecule has 0 amide bonds. The highest BCUT2D eigenvalue weighted by atomic mass is 16.4. The van der Waals surface area contributed by atoms with Gasteiger partial charge in [0.15, 0.2) is 0 Å². The van der Waals surface area contributed by atoms with Crippen LogP contribution >= 0.6 is 0 Å². The SMILES string of the molecule is CC(Nc1ccc2c(C(=O)O)cccc2n1)c1ccco1. The predicted molar refractivity (Wildman–Crippen MR) is 79.4 cm³/mol. The van der Waals surface area contributed by atoms with Gasteiger partial charge in [0.1, 0.15) is 11.6 Å². The third-order valence-electron chi connectivity index (χ3n) is 3.30. The summed E-state index contributed by atoms with van der Waals surface area (Å²) in [5.74, 6) is 0.539. The van der Waals surface area contributed by atoms with E-state index in [0.29, 0.717) is 16.7 Å². The first kappa shape index (κ1) is 13.2. The molecule has 1 atom stereocenters. The maximum absolute atomic E-state index is 11.2. The number of aromatic nitrogens is 1. The lowest BCUT2D eigenvalue weighted by Crippen LogP contribution is -2.07. The van der Waals surface area contributed by atoms with Crippen LogP contribution in [0.3, 0.4) is 0 Å². The molecule has 3 rings (SSSR count). The minimum atomic E-state index is -0.952. The highest BCUT2D eigenvalue weighted by Gasteiger charge is 2.11. The van der Waals surface area contributed by atoms with Gasteiger partial charge in [-0.25, -0.2) is 9.78 Å². The molecule has 0 spiro atoms. The molecule has 2 heterocycles. The van der Waals surface area contributed by atoms with E-state index in [-0.39, 0.29) is 11.6 Å². The highest BCUT2D eigenvalue weighted by molar-refractivity contribution is 6.02. The second-order valence-corrected chi connectivity index (χ2v) is 4.76. The summed E-state index contributed by atoms with van der Waals surface area (Å²) in [6.07, 6.45) is 1.63. The molecule has 0 aliphatic heterocycles. The topological polar surface area (TPSA) is 75.4 Å². The minimum absolute atomic E-state index is 0.0207. The van der Waals surface area contributed by atoms with Gasteiger partial charge in [-0.1, -0.05) is 6.07 Å².